The number of benzene rings is 1. The van der Waals surface area contributed by atoms with E-state index in [4.69, 9.17) is 14.3 Å². The molecule has 1 aromatic heterocycles. The van der Waals surface area contributed by atoms with E-state index >= 15 is 0 Å². The molecule has 0 radical (unpaired) electrons. The van der Waals surface area contributed by atoms with Crippen molar-refractivity contribution in [2.45, 2.75) is 60.2 Å². The smallest absolute Gasteiger partial charge is 0.191 e. The highest BCUT2D eigenvalue weighted by molar-refractivity contribution is 5.79. The highest BCUT2D eigenvalue weighted by Gasteiger charge is 2.11. The second kappa shape index (κ2) is 10.6. The van der Waals surface area contributed by atoms with Crippen molar-refractivity contribution in [2.24, 2.45) is 10.9 Å². The third-order valence-electron chi connectivity index (χ3n) is 4.03. The highest BCUT2D eigenvalue weighted by atomic mass is 16.5. The van der Waals surface area contributed by atoms with Crippen LogP contribution in [0.4, 0.5) is 0 Å². The van der Waals surface area contributed by atoms with E-state index in [1.54, 1.807) is 6.26 Å². The van der Waals surface area contributed by atoms with Crippen LogP contribution in [0.2, 0.25) is 0 Å². The van der Waals surface area contributed by atoms with Crippen molar-refractivity contribution in [3.63, 3.8) is 0 Å². The molecule has 0 aliphatic carbocycles. The van der Waals surface area contributed by atoms with Crippen LogP contribution in [0.3, 0.4) is 0 Å². The first-order chi connectivity index (χ1) is 13.0. The summed E-state index contributed by atoms with van der Waals surface area (Å²) in [5.74, 6) is 2.26. The van der Waals surface area contributed by atoms with Crippen molar-refractivity contribution in [1.82, 2.24) is 15.8 Å². The van der Waals surface area contributed by atoms with Gasteiger partial charge in [0.05, 0.1) is 19.2 Å². The van der Waals surface area contributed by atoms with E-state index in [1.165, 1.54) is 5.56 Å². The number of hydrogen-bond donors (Lipinski definition) is 2. The molecule has 27 heavy (non-hydrogen) atoms. The van der Waals surface area contributed by atoms with Gasteiger partial charge in [-0.2, -0.15) is 0 Å². The number of nitrogens with one attached hydrogen (secondary N) is 2. The minimum absolute atomic E-state index is 0.174. The Balaban J connectivity index is 2.07. The van der Waals surface area contributed by atoms with Gasteiger partial charge in [-0.05, 0) is 44.7 Å². The summed E-state index contributed by atoms with van der Waals surface area (Å²) in [6.45, 7) is 12.6. The van der Waals surface area contributed by atoms with E-state index in [0.717, 1.165) is 35.9 Å². The summed E-state index contributed by atoms with van der Waals surface area (Å²) < 4.78 is 11.1. The van der Waals surface area contributed by atoms with Gasteiger partial charge in [-0.25, -0.2) is 4.99 Å². The fourth-order valence-electron chi connectivity index (χ4n) is 2.84. The Morgan fingerprint density at radius 1 is 1.22 bits per heavy atom. The molecule has 1 unspecified atom stereocenters. The lowest BCUT2D eigenvalue weighted by molar-refractivity contribution is 0.191. The summed E-state index contributed by atoms with van der Waals surface area (Å²) in [6, 6.07) is 8.12. The van der Waals surface area contributed by atoms with Crippen LogP contribution in [0.1, 0.15) is 50.9 Å². The summed E-state index contributed by atoms with van der Waals surface area (Å²) in [6.07, 6.45) is 2.77. The van der Waals surface area contributed by atoms with Crippen molar-refractivity contribution in [3.05, 3.63) is 47.3 Å². The maximum atomic E-state index is 6.22. The lowest BCUT2D eigenvalue weighted by Gasteiger charge is -2.19. The molecule has 2 N–H and O–H groups in total. The van der Waals surface area contributed by atoms with Crippen LogP contribution >= 0.6 is 0 Å². The largest absolute Gasteiger partial charge is 0.490 e. The van der Waals surface area contributed by atoms with Gasteiger partial charge in [-0.15, -0.1) is 0 Å². The second-order valence-electron chi connectivity index (χ2n) is 7.21. The molecule has 6 heteroatoms. The normalized spacial score (nSPS) is 12.9. The monoisotopic (exact) mass is 372 g/mol. The molecular weight excluding hydrogens is 340 g/mol. The SMILES string of the molecule is CCNC(=NCc1ccc(C)cc1OC(C)CC(C)C)NCc1ccon1. The molecular formula is C21H32N4O2. The quantitative estimate of drug-likeness (QED) is 0.513. The third kappa shape index (κ3) is 7.33. The fourth-order valence-corrected chi connectivity index (χ4v) is 2.84. The standard InChI is InChI=1S/C21H32N4O2/c1-6-22-21(24-14-19-9-10-26-25-19)23-13-18-8-7-16(4)12-20(18)27-17(5)11-15(2)3/h7-10,12,15,17H,6,11,13-14H2,1-5H3,(H2,22,23,24). The zero-order valence-electron chi connectivity index (χ0n) is 17.1. The molecule has 0 amide bonds. The number of rotatable bonds is 9. The maximum Gasteiger partial charge on any atom is 0.191 e. The van der Waals surface area contributed by atoms with Crippen molar-refractivity contribution in [3.8, 4) is 5.75 Å². The van der Waals surface area contributed by atoms with Gasteiger partial charge in [0.2, 0.25) is 0 Å². The number of aliphatic imine (C=N–C) groups is 1. The topological polar surface area (TPSA) is 71.7 Å². The Labute approximate surface area is 162 Å². The lowest BCUT2D eigenvalue weighted by Crippen LogP contribution is -2.36. The molecule has 6 nitrogen and oxygen atoms in total. The fraction of sp³-hybridized carbons (Fsp3) is 0.524. The summed E-state index contributed by atoms with van der Waals surface area (Å²) in [5.41, 5.74) is 3.10. The van der Waals surface area contributed by atoms with Gasteiger partial charge in [0.25, 0.3) is 0 Å². The van der Waals surface area contributed by atoms with Gasteiger partial charge in [0.15, 0.2) is 5.96 Å². The summed E-state index contributed by atoms with van der Waals surface area (Å²) in [5, 5.41) is 10.4. The van der Waals surface area contributed by atoms with Crippen LogP contribution in [0, 0.1) is 12.8 Å². The molecule has 0 aliphatic rings. The molecule has 2 rings (SSSR count). The van der Waals surface area contributed by atoms with Crippen molar-refractivity contribution in [1.29, 1.82) is 0 Å². The zero-order valence-corrected chi connectivity index (χ0v) is 17.1. The summed E-state index contributed by atoms with van der Waals surface area (Å²) in [4.78, 5) is 4.70. The minimum Gasteiger partial charge on any atom is -0.490 e. The van der Waals surface area contributed by atoms with Crippen LogP contribution in [0.5, 0.6) is 5.75 Å². The molecule has 0 saturated carbocycles. The van der Waals surface area contributed by atoms with Gasteiger partial charge in [0, 0.05) is 18.2 Å². The van der Waals surface area contributed by atoms with E-state index in [0.29, 0.717) is 19.0 Å². The van der Waals surface area contributed by atoms with Gasteiger partial charge in [-0.1, -0.05) is 31.1 Å². The Morgan fingerprint density at radius 3 is 2.70 bits per heavy atom. The molecule has 1 atom stereocenters. The van der Waals surface area contributed by atoms with Crippen LogP contribution in [0.25, 0.3) is 0 Å². The second-order valence-corrected chi connectivity index (χ2v) is 7.21. The van der Waals surface area contributed by atoms with Crippen LogP contribution < -0.4 is 15.4 Å². The summed E-state index contributed by atoms with van der Waals surface area (Å²) in [7, 11) is 0. The first-order valence-corrected chi connectivity index (χ1v) is 9.65. The average Bonchev–Trinajstić information content (AvgIpc) is 3.11. The van der Waals surface area contributed by atoms with E-state index in [1.807, 2.05) is 13.0 Å². The highest BCUT2D eigenvalue weighted by Crippen LogP contribution is 2.24. The predicted molar refractivity (Wildman–Crippen MR) is 109 cm³/mol. The third-order valence-corrected chi connectivity index (χ3v) is 4.03. The van der Waals surface area contributed by atoms with Gasteiger partial charge in [0.1, 0.15) is 17.7 Å². The van der Waals surface area contributed by atoms with E-state index in [2.05, 4.69) is 61.7 Å². The Hall–Kier alpha value is -2.50. The molecule has 1 heterocycles. The molecule has 1 aromatic carbocycles. The average molecular weight is 373 g/mol. The molecule has 0 fully saturated rings. The van der Waals surface area contributed by atoms with Gasteiger partial charge in [-0.3, -0.25) is 0 Å². The van der Waals surface area contributed by atoms with E-state index < -0.39 is 0 Å². The number of guanidine groups is 1. The molecule has 0 bridgehead atoms. The van der Waals surface area contributed by atoms with Crippen molar-refractivity contribution < 1.29 is 9.26 Å². The lowest BCUT2D eigenvalue weighted by atomic mass is 10.1. The maximum absolute atomic E-state index is 6.22. The minimum atomic E-state index is 0.174. The first-order valence-electron chi connectivity index (χ1n) is 9.65. The number of aromatic nitrogens is 1. The van der Waals surface area contributed by atoms with Crippen molar-refractivity contribution in [2.75, 3.05) is 6.54 Å². The van der Waals surface area contributed by atoms with Crippen LogP contribution in [-0.4, -0.2) is 23.8 Å². The molecule has 2 aromatic rings. The number of hydrogen-bond acceptors (Lipinski definition) is 4. The number of ether oxygens (including phenoxy) is 1. The van der Waals surface area contributed by atoms with E-state index in [-0.39, 0.29) is 6.10 Å². The van der Waals surface area contributed by atoms with Gasteiger partial charge < -0.3 is 19.9 Å². The zero-order chi connectivity index (χ0) is 19.6. The molecule has 0 saturated heterocycles. The van der Waals surface area contributed by atoms with Crippen LogP contribution in [0.15, 0.2) is 40.0 Å². The number of aryl methyl sites for hydroxylation is 1. The van der Waals surface area contributed by atoms with Crippen LogP contribution in [-0.2, 0) is 13.1 Å². The Kier molecular flexibility index (Phi) is 8.17. The van der Waals surface area contributed by atoms with Crippen molar-refractivity contribution >= 4 is 5.96 Å². The first kappa shape index (κ1) is 20.8. The Morgan fingerprint density at radius 2 is 2.04 bits per heavy atom. The van der Waals surface area contributed by atoms with E-state index in [9.17, 15) is 0 Å². The summed E-state index contributed by atoms with van der Waals surface area (Å²) >= 11 is 0. The molecule has 148 valence electrons. The number of nitrogens with zero attached hydrogens (tertiary/aromatic N) is 2. The molecule has 0 spiro atoms. The van der Waals surface area contributed by atoms with Gasteiger partial charge >= 0.3 is 0 Å². The Bertz CT molecular complexity index is 711. The molecule has 0 aliphatic heterocycles. The predicted octanol–water partition coefficient (Wildman–Crippen LogP) is 4.05.